The van der Waals surface area contributed by atoms with Crippen LogP contribution in [0.4, 0.5) is 0 Å². The molecule has 2 bridgehead atoms. The van der Waals surface area contributed by atoms with Crippen molar-refractivity contribution in [2.45, 2.75) is 77.7 Å². The maximum Gasteiger partial charge on any atom is 0.0541 e. The van der Waals surface area contributed by atoms with Crippen LogP contribution in [0.5, 0.6) is 0 Å². The maximum absolute atomic E-state index is 5.64. The molecule has 2 aromatic carbocycles. The Bertz CT molecular complexity index is 1860. The summed E-state index contributed by atoms with van der Waals surface area (Å²) >= 11 is 0. The zero-order chi connectivity index (χ0) is 43.3. The van der Waals surface area contributed by atoms with Gasteiger partial charge in [-0.3, -0.25) is 19.9 Å². The second-order valence-corrected chi connectivity index (χ2v) is 16.8. The SMILES string of the molecule is c1ccc(CNCc2ccc(CC3CCNCCc4cccc(n4)CCNCC3)cc2)nc1.c1ccc(CNCc2ccc(CN3CCNCCCOCCCNCC3)cc2)nc1. The van der Waals surface area contributed by atoms with Gasteiger partial charge in [0.1, 0.15) is 0 Å². The highest BCUT2D eigenvalue weighted by molar-refractivity contribution is 5.24. The van der Waals surface area contributed by atoms with E-state index in [1.54, 1.807) is 0 Å². The van der Waals surface area contributed by atoms with E-state index in [2.05, 4.69) is 120 Å². The monoisotopic (exact) mass is 855 g/mol. The molecule has 6 N–H and O–H groups in total. The molecule has 338 valence electrons. The minimum absolute atomic E-state index is 0.692. The molecule has 0 atom stereocenters. The molecule has 0 amide bonds. The molecule has 1 fully saturated rings. The maximum atomic E-state index is 5.64. The van der Waals surface area contributed by atoms with Gasteiger partial charge in [0.2, 0.25) is 0 Å². The summed E-state index contributed by atoms with van der Waals surface area (Å²) in [5.74, 6) is 0.692. The summed E-state index contributed by atoms with van der Waals surface area (Å²) in [6.07, 6.45) is 11.4. The first-order valence-electron chi connectivity index (χ1n) is 23.7. The van der Waals surface area contributed by atoms with Gasteiger partial charge >= 0.3 is 0 Å². The molecule has 3 aromatic heterocycles. The molecule has 0 aliphatic carbocycles. The number of hydrogen-bond donors (Lipinski definition) is 6. The van der Waals surface area contributed by atoms with E-state index in [4.69, 9.17) is 9.72 Å². The number of nitrogens with zero attached hydrogens (tertiary/aromatic N) is 4. The summed E-state index contributed by atoms with van der Waals surface area (Å²) in [6, 6.07) is 36.6. The van der Waals surface area contributed by atoms with Crippen LogP contribution in [0.2, 0.25) is 0 Å². The van der Waals surface area contributed by atoms with Gasteiger partial charge in [0.25, 0.3) is 0 Å². The van der Waals surface area contributed by atoms with E-state index in [1.165, 1.54) is 46.5 Å². The molecule has 5 aromatic rings. The molecule has 0 radical (unpaired) electrons. The average Bonchev–Trinajstić information content (AvgIpc) is 3.32. The highest BCUT2D eigenvalue weighted by Gasteiger charge is 2.12. The van der Waals surface area contributed by atoms with Crippen molar-refractivity contribution < 1.29 is 4.74 Å². The van der Waals surface area contributed by atoms with Crippen LogP contribution in [0.15, 0.2) is 116 Å². The Morgan fingerprint density at radius 2 is 1.02 bits per heavy atom. The standard InChI is InChI=1S/C28H37N5.C24H37N5O/c1-2-15-32-28(4-1)22-31-21-25-9-7-23(8-10-25)20-24-11-16-29-18-13-26-5-3-6-27(33-26)14-19-30-17-12-24;1-2-12-28-24(5-1)20-27-19-22-6-8-23(9-7-22)21-29-15-13-25-10-3-17-30-18-4-11-26-14-16-29/h1-10,15,24,29-31H,11-14,16-22H2;1-2,5-9,12,25-27H,3-4,10-11,13-21H2. The van der Waals surface area contributed by atoms with Crippen molar-refractivity contribution >= 4 is 0 Å². The van der Waals surface area contributed by atoms with Gasteiger partial charge in [-0.2, -0.15) is 0 Å². The quantitative estimate of drug-likeness (QED) is 0.0908. The fraction of sp³-hybridized carbons (Fsp3) is 0.481. The van der Waals surface area contributed by atoms with Crippen LogP contribution in [0.3, 0.4) is 0 Å². The number of ether oxygens (including phenoxy) is 1. The first-order chi connectivity index (χ1) is 31.2. The summed E-state index contributed by atoms with van der Waals surface area (Å²) in [6.45, 7) is 16.4. The number of nitrogens with one attached hydrogen (secondary N) is 6. The third-order valence-corrected chi connectivity index (χ3v) is 11.6. The van der Waals surface area contributed by atoms with E-state index >= 15 is 0 Å². The zero-order valence-electron chi connectivity index (χ0n) is 37.7. The first-order valence-corrected chi connectivity index (χ1v) is 23.7. The van der Waals surface area contributed by atoms with E-state index in [0.29, 0.717) is 5.92 Å². The summed E-state index contributed by atoms with van der Waals surface area (Å²) < 4.78 is 5.64. The van der Waals surface area contributed by atoms with Crippen LogP contribution in [-0.4, -0.2) is 98.5 Å². The van der Waals surface area contributed by atoms with Crippen molar-refractivity contribution in [1.29, 1.82) is 0 Å². The number of hydrogen-bond acceptors (Lipinski definition) is 11. The zero-order valence-corrected chi connectivity index (χ0v) is 37.7. The number of aromatic nitrogens is 3. The van der Waals surface area contributed by atoms with Gasteiger partial charge in [0.15, 0.2) is 0 Å². The van der Waals surface area contributed by atoms with Crippen molar-refractivity contribution in [3.05, 3.63) is 161 Å². The van der Waals surface area contributed by atoms with Gasteiger partial charge in [0, 0.05) is 122 Å². The van der Waals surface area contributed by atoms with Crippen LogP contribution in [0.25, 0.3) is 0 Å². The molecular formula is C52H74N10O. The molecule has 2 aliphatic heterocycles. The number of pyridine rings is 3. The molecule has 11 heteroatoms. The van der Waals surface area contributed by atoms with Gasteiger partial charge in [-0.25, -0.2) is 0 Å². The lowest BCUT2D eigenvalue weighted by Gasteiger charge is -2.23. The van der Waals surface area contributed by atoms with Crippen molar-refractivity contribution in [3.8, 4) is 0 Å². The average molecular weight is 855 g/mol. The molecule has 1 saturated heterocycles. The molecule has 2 aliphatic rings. The van der Waals surface area contributed by atoms with Gasteiger partial charge in [-0.15, -0.1) is 0 Å². The molecule has 0 saturated carbocycles. The smallest absolute Gasteiger partial charge is 0.0541 e. The summed E-state index contributed by atoms with van der Waals surface area (Å²) in [4.78, 5) is 16.0. The van der Waals surface area contributed by atoms with E-state index in [-0.39, 0.29) is 0 Å². The lowest BCUT2D eigenvalue weighted by Crippen LogP contribution is -2.37. The second kappa shape index (κ2) is 29.8. The Labute approximate surface area is 378 Å². The second-order valence-electron chi connectivity index (χ2n) is 16.8. The molecule has 0 unspecified atom stereocenters. The summed E-state index contributed by atoms with van der Waals surface area (Å²) in [7, 11) is 0. The first kappa shape index (κ1) is 48.0. The van der Waals surface area contributed by atoms with Crippen LogP contribution >= 0.6 is 0 Å². The summed E-state index contributed by atoms with van der Waals surface area (Å²) in [5.41, 5.74) is 9.99. The van der Waals surface area contributed by atoms with Gasteiger partial charge in [0.05, 0.1) is 11.4 Å². The normalized spacial score (nSPS) is 17.1. The third kappa shape index (κ3) is 20.3. The Morgan fingerprint density at radius 3 is 1.54 bits per heavy atom. The highest BCUT2D eigenvalue weighted by atomic mass is 16.5. The Balaban J connectivity index is 0.000000211. The molecule has 63 heavy (non-hydrogen) atoms. The van der Waals surface area contributed by atoms with E-state index < -0.39 is 0 Å². The minimum Gasteiger partial charge on any atom is -0.381 e. The van der Waals surface area contributed by atoms with Crippen molar-refractivity contribution in [3.63, 3.8) is 0 Å². The lowest BCUT2D eigenvalue weighted by atomic mass is 9.92. The van der Waals surface area contributed by atoms with Crippen LogP contribution in [0.1, 0.15) is 70.7 Å². The fourth-order valence-corrected chi connectivity index (χ4v) is 7.97. The molecule has 0 spiro atoms. The molecular weight excluding hydrogens is 781 g/mol. The van der Waals surface area contributed by atoms with Crippen LogP contribution in [0, 0.1) is 5.92 Å². The van der Waals surface area contributed by atoms with Crippen LogP contribution in [-0.2, 0) is 56.7 Å². The molecule has 7 rings (SSSR count). The lowest BCUT2D eigenvalue weighted by molar-refractivity contribution is 0.128. The highest BCUT2D eigenvalue weighted by Crippen LogP contribution is 2.17. The fourth-order valence-electron chi connectivity index (χ4n) is 7.97. The predicted octanol–water partition coefficient (Wildman–Crippen LogP) is 5.85. The minimum atomic E-state index is 0.692. The Morgan fingerprint density at radius 1 is 0.508 bits per heavy atom. The van der Waals surface area contributed by atoms with Crippen molar-refractivity contribution in [2.24, 2.45) is 5.92 Å². The molecule has 11 nitrogen and oxygen atoms in total. The molecule has 5 heterocycles. The van der Waals surface area contributed by atoms with Gasteiger partial charge in [-0.1, -0.05) is 66.7 Å². The van der Waals surface area contributed by atoms with Crippen molar-refractivity contribution in [2.75, 3.05) is 78.7 Å². The third-order valence-electron chi connectivity index (χ3n) is 11.6. The largest absolute Gasteiger partial charge is 0.381 e. The number of fused-ring (bicyclic) bond motifs is 2. The van der Waals surface area contributed by atoms with Gasteiger partial charge in [-0.05, 0) is 123 Å². The van der Waals surface area contributed by atoms with E-state index in [0.717, 1.165) is 155 Å². The Kier molecular flexibility index (Phi) is 22.8. The summed E-state index contributed by atoms with van der Waals surface area (Å²) in [5, 5.41) is 21.3. The number of rotatable bonds is 12. The predicted molar refractivity (Wildman–Crippen MR) is 257 cm³/mol. The van der Waals surface area contributed by atoms with Gasteiger partial charge < -0.3 is 36.6 Å². The number of benzene rings is 2. The Hall–Kier alpha value is -4.43. The van der Waals surface area contributed by atoms with E-state index in [9.17, 15) is 0 Å². The topological polar surface area (TPSA) is 123 Å². The van der Waals surface area contributed by atoms with E-state index in [1.807, 2.05) is 42.7 Å². The van der Waals surface area contributed by atoms with Crippen molar-refractivity contribution in [1.82, 2.24) is 51.8 Å². The van der Waals surface area contributed by atoms with Crippen LogP contribution < -0.4 is 31.9 Å².